The topological polar surface area (TPSA) is 39.2 Å². The summed E-state index contributed by atoms with van der Waals surface area (Å²) in [5, 5.41) is 1.17. The van der Waals surface area contributed by atoms with Gasteiger partial charge in [-0.05, 0) is 36.8 Å². The first kappa shape index (κ1) is 14.6. The van der Waals surface area contributed by atoms with Crippen LogP contribution in [0, 0.1) is 11.8 Å². The van der Waals surface area contributed by atoms with E-state index < -0.39 is 0 Å². The molecule has 0 amide bonds. The van der Waals surface area contributed by atoms with Crippen LogP contribution in [-0.2, 0) is 0 Å². The Labute approximate surface area is 127 Å². The first-order valence-electron chi connectivity index (χ1n) is 8.52. The van der Waals surface area contributed by atoms with Gasteiger partial charge >= 0.3 is 0 Å². The number of fused-ring (bicyclic) bond motifs is 1. The second-order valence-corrected chi connectivity index (χ2v) is 6.64. The third-order valence-electron chi connectivity index (χ3n) is 5.14. The Morgan fingerprint density at radius 1 is 1.19 bits per heavy atom. The van der Waals surface area contributed by atoms with E-state index in [1.807, 2.05) is 18.2 Å². The lowest BCUT2D eigenvalue weighted by Crippen LogP contribution is -2.25. The van der Waals surface area contributed by atoms with E-state index in [2.05, 4.69) is 19.1 Å². The molecule has 1 saturated carbocycles. The molecule has 3 rings (SSSR count). The summed E-state index contributed by atoms with van der Waals surface area (Å²) in [6.07, 6.45) is 9.31. The van der Waals surface area contributed by atoms with Gasteiger partial charge in [-0.1, -0.05) is 57.2 Å². The molecule has 2 aromatic rings. The van der Waals surface area contributed by atoms with E-state index in [1.165, 1.54) is 50.3 Å². The van der Waals surface area contributed by atoms with Gasteiger partial charge in [0, 0.05) is 5.39 Å². The van der Waals surface area contributed by atoms with Gasteiger partial charge in [0.2, 0.25) is 0 Å². The van der Waals surface area contributed by atoms with Crippen LogP contribution < -0.4 is 5.73 Å². The van der Waals surface area contributed by atoms with Crippen LogP contribution >= 0.6 is 0 Å². The van der Waals surface area contributed by atoms with E-state index in [1.54, 1.807) is 0 Å². The van der Waals surface area contributed by atoms with Gasteiger partial charge in [0.05, 0.1) is 6.04 Å². The lowest BCUT2D eigenvalue weighted by molar-refractivity contribution is 0.221. The van der Waals surface area contributed by atoms with Crippen molar-refractivity contribution in [2.45, 2.75) is 57.9 Å². The summed E-state index contributed by atoms with van der Waals surface area (Å²) in [6.45, 7) is 2.28. The highest BCUT2D eigenvalue weighted by Crippen LogP contribution is 2.38. The van der Waals surface area contributed by atoms with Crippen molar-refractivity contribution < 1.29 is 4.42 Å². The summed E-state index contributed by atoms with van der Waals surface area (Å²) < 4.78 is 5.95. The molecule has 1 unspecified atom stereocenters. The van der Waals surface area contributed by atoms with Crippen LogP contribution in [0.4, 0.5) is 0 Å². The van der Waals surface area contributed by atoms with E-state index in [4.69, 9.17) is 10.2 Å². The van der Waals surface area contributed by atoms with Crippen LogP contribution in [0.2, 0.25) is 0 Å². The minimum atomic E-state index is 0.0597. The Bertz CT molecular complexity index is 533. The van der Waals surface area contributed by atoms with Crippen molar-refractivity contribution >= 4 is 11.0 Å². The molecule has 1 fully saturated rings. The molecule has 1 aliphatic carbocycles. The summed E-state index contributed by atoms with van der Waals surface area (Å²) in [5.74, 6) is 2.49. The van der Waals surface area contributed by atoms with Crippen molar-refractivity contribution in [2.75, 3.05) is 0 Å². The minimum absolute atomic E-state index is 0.0597. The van der Waals surface area contributed by atoms with Crippen molar-refractivity contribution in [1.29, 1.82) is 0 Å². The molecule has 1 aromatic heterocycles. The van der Waals surface area contributed by atoms with Gasteiger partial charge in [0.25, 0.3) is 0 Å². The number of benzene rings is 1. The lowest BCUT2D eigenvalue weighted by atomic mass is 9.76. The van der Waals surface area contributed by atoms with Crippen molar-refractivity contribution in [3.05, 3.63) is 36.1 Å². The molecule has 2 heteroatoms. The normalized spacial score (nSPS) is 24.3. The van der Waals surface area contributed by atoms with E-state index in [0.717, 1.165) is 17.3 Å². The fourth-order valence-electron chi connectivity index (χ4n) is 3.73. The Hall–Kier alpha value is -1.28. The number of nitrogens with two attached hydrogens (primary N) is 1. The number of hydrogen-bond donors (Lipinski definition) is 1. The molecular formula is C19H27NO. The average Bonchev–Trinajstić information content (AvgIpc) is 2.96. The fourth-order valence-corrected chi connectivity index (χ4v) is 3.73. The Balaban J connectivity index is 1.62. The predicted octanol–water partition coefficient (Wildman–Crippen LogP) is 5.43. The highest BCUT2D eigenvalue weighted by molar-refractivity contribution is 5.77. The second kappa shape index (κ2) is 6.65. The smallest absolute Gasteiger partial charge is 0.134 e. The van der Waals surface area contributed by atoms with Crippen molar-refractivity contribution in [2.24, 2.45) is 17.6 Å². The molecule has 2 N–H and O–H groups in total. The Morgan fingerprint density at radius 3 is 2.67 bits per heavy atom. The summed E-state index contributed by atoms with van der Waals surface area (Å²) in [7, 11) is 0. The fraction of sp³-hybridized carbons (Fsp3) is 0.579. The quantitative estimate of drug-likeness (QED) is 0.795. The number of para-hydroxylation sites is 1. The van der Waals surface area contributed by atoms with E-state index in [9.17, 15) is 0 Å². The van der Waals surface area contributed by atoms with E-state index in [-0.39, 0.29) is 6.04 Å². The maximum atomic E-state index is 6.49. The van der Waals surface area contributed by atoms with Gasteiger partial charge in [-0.15, -0.1) is 0 Å². The summed E-state index contributed by atoms with van der Waals surface area (Å²) in [5.41, 5.74) is 7.44. The molecular weight excluding hydrogens is 258 g/mol. The van der Waals surface area contributed by atoms with E-state index in [0.29, 0.717) is 5.92 Å². The summed E-state index contributed by atoms with van der Waals surface area (Å²) in [4.78, 5) is 0. The largest absolute Gasteiger partial charge is 0.459 e. The van der Waals surface area contributed by atoms with Crippen LogP contribution in [0.5, 0.6) is 0 Å². The minimum Gasteiger partial charge on any atom is -0.459 e. The molecule has 0 spiro atoms. The van der Waals surface area contributed by atoms with Crippen LogP contribution in [0.25, 0.3) is 11.0 Å². The van der Waals surface area contributed by atoms with E-state index >= 15 is 0 Å². The van der Waals surface area contributed by atoms with Gasteiger partial charge in [0.1, 0.15) is 11.3 Å². The van der Waals surface area contributed by atoms with Gasteiger partial charge < -0.3 is 10.2 Å². The zero-order valence-corrected chi connectivity index (χ0v) is 13.1. The van der Waals surface area contributed by atoms with Crippen molar-refractivity contribution in [3.8, 4) is 0 Å². The lowest BCUT2D eigenvalue weighted by Gasteiger charge is -2.31. The Kier molecular flexibility index (Phi) is 4.64. The molecule has 114 valence electrons. The maximum Gasteiger partial charge on any atom is 0.134 e. The first-order chi connectivity index (χ1) is 10.3. The average molecular weight is 285 g/mol. The number of unbranched alkanes of at least 4 members (excludes halogenated alkanes) is 1. The number of furan rings is 1. The zero-order chi connectivity index (χ0) is 14.7. The number of rotatable bonds is 5. The first-order valence-corrected chi connectivity index (χ1v) is 8.52. The molecule has 1 aromatic carbocycles. The second-order valence-electron chi connectivity index (χ2n) is 6.64. The van der Waals surface area contributed by atoms with Gasteiger partial charge in [-0.25, -0.2) is 0 Å². The molecule has 1 heterocycles. The van der Waals surface area contributed by atoms with Gasteiger partial charge in [0.15, 0.2) is 0 Å². The SMILES string of the molecule is CCCCC1CCC(C(N)c2cc3ccccc3o2)CC1. The van der Waals surface area contributed by atoms with Crippen molar-refractivity contribution in [3.63, 3.8) is 0 Å². The third-order valence-corrected chi connectivity index (χ3v) is 5.14. The monoisotopic (exact) mass is 285 g/mol. The molecule has 1 aliphatic rings. The molecule has 2 nitrogen and oxygen atoms in total. The summed E-state index contributed by atoms with van der Waals surface area (Å²) >= 11 is 0. The molecule has 21 heavy (non-hydrogen) atoms. The van der Waals surface area contributed by atoms with Gasteiger partial charge in [-0.2, -0.15) is 0 Å². The molecule has 0 bridgehead atoms. The summed E-state index contributed by atoms with van der Waals surface area (Å²) in [6, 6.07) is 10.4. The maximum absolute atomic E-state index is 6.49. The molecule has 1 atom stereocenters. The van der Waals surface area contributed by atoms with Crippen LogP contribution in [-0.4, -0.2) is 0 Å². The predicted molar refractivity (Wildman–Crippen MR) is 88.1 cm³/mol. The van der Waals surface area contributed by atoms with Gasteiger partial charge in [-0.3, -0.25) is 0 Å². The number of hydrogen-bond acceptors (Lipinski definition) is 2. The van der Waals surface area contributed by atoms with Crippen molar-refractivity contribution in [1.82, 2.24) is 0 Å². The third kappa shape index (κ3) is 3.32. The Morgan fingerprint density at radius 2 is 1.95 bits per heavy atom. The van der Waals surface area contributed by atoms with Crippen LogP contribution in [0.1, 0.15) is 63.7 Å². The molecule has 0 saturated heterocycles. The highest BCUT2D eigenvalue weighted by atomic mass is 16.3. The van der Waals surface area contributed by atoms with Crippen LogP contribution in [0.3, 0.4) is 0 Å². The molecule has 0 radical (unpaired) electrons. The van der Waals surface area contributed by atoms with Crippen LogP contribution in [0.15, 0.2) is 34.7 Å². The standard InChI is InChI=1S/C19H27NO/c1-2-3-6-14-9-11-15(12-10-14)19(20)18-13-16-7-4-5-8-17(16)21-18/h4-5,7-8,13-15,19H,2-3,6,9-12,20H2,1H3. The highest BCUT2D eigenvalue weighted by Gasteiger charge is 2.28. The zero-order valence-electron chi connectivity index (χ0n) is 13.1. The molecule has 0 aliphatic heterocycles.